The Hall–Kier alpha value is -1.10. The molecular weight excluding hydrogens is 278 g/mol. The summed E-state index contributed by atoms with van der Waals surface area (Å²) in [6.07, 6.45) is 6.12. The van der Waals surface area contributed by atoms with Crippen molar-refractivity contribution in [3.63, 3.8) is 0 Å². The van der Waals surface area contributed by atoms with Crippen LogP contribution in [0.4, 0.5) is 0 Å². The second-order valence-corrected chi connectivity index (χ2v) is 7.01. The van der Waals surface area contributed by atoms with E-state index in [1.807, 2.05) is 9.80 Å². The molecule has 0 spiro atoms. The maximum atomic E-state index is 12.9. The normalized spacial score (nSPS) is 25.7. The molecule has 2 heterocycles. The van der Waals surface area contributed by atoms with E-state index in [-0.39, 0.29) is 11.8 Å². The Labute approximate surface area is 133 Å². The Morgan fingerprint density at radius 2 is 1.27 bits per heavy atom. The van der Waals surface area contributed by atoms with Gasteiger partial charge in [0.05, 0.1) is 0 Å². The number of rotatable bonds is 3. The molecule has 1 aliphatic carbocycles. The molecule has 0 aromatic rings. The van der Waals surface area contributed by atoms with Crippen LogP contribution in [0.15, 0.2) is 0 Å². The van der Waals surface area contributed by atoms with Crippen molar-refractivity contribution in [1.29, 1.82) is 0 Å². The van der Waals surface area contributed by atoms with Crippen LogP contribution >= 0.6 is 0 Å². The fraction of sp³-hybridized carbons (Fsp3) is 0.882. The Bertz CT molecular complexity index is 418. The monoisotopic (exact) mass is 307 g/mol. The first-order valence-corrected chi connectivity index (χ1v) is 8.98. The lowest BCUT2D eigenvalue weighted by Crippen LogP contribution is -2.53. The second-order valence-electron chi connectivity index (χ2n) is 7.01. The van der Waals surface area contributed by atoms with E-state index in [2.05, 4.69) is 11.8 Å². The van der Waals surface area contributed by atoms with Crippen LogP contribution in [0.1, 0.15) is 45.4 Å². The van der Waals surface area contributed by atoms with Crippen LogP contribution in [0.5, 0.6) is 0 Å². The molecule has 0 N–H and O–H groups in total. The van der Waals surface area contributed by atoms with Crippen molar-refractivity contribution in [2.75, 3.05) is 45.8 Å². The van der Waals surface area contributed by atoms with Crippen LogP contribution in [-0.4, -0.2) is 72.3 Å². The molecule has 0 bridgehead atoms. The van der Waals surface area contributed by atoms with Crippen LogP contribution in [0.3, 0.4) is 0 Å². The lowest BCUT2D eigenvalue weighted by molar-refractivity contribution is -0.150. The van der Waals surface area contributed by atoms with Gasteiger partial charge in [0.2, 0.25) is 11.8 Å². The average Bonchev–Trinajstić information content (AvgIpc) is 3.38. The fourth-order valence-corrected chi connectivity index (χ4v) is 3.79. The van der Waals surface area contributed by atoms with Gasteiger partial charge in [-0.15, -0.1) is 0 Å². The van der Waals surface area contributed by atoms with Gasteiger partial charge in [-0.3, -0.25) is 9.59 Å². The van der Waals surface area contributed by atoms with Gasteiger partial charge < -0.3 is 14.7 Å². The summed E-state index contributed by atoms with van der Waals surface area (Å²) in [5.74, 6) is 0.231. The number of carbonyl (C=O) groups is 2. The van der Waals surface area contributed by atoms with Gasteiger partial charge in [-0.2, -0.15) is 0 Å². The number of likely N-dealkylation sites (N-methyl/N-ethyl adjacent to an activating group) is 1. The van der Waals surface area contributed by atoms with Gasteiger partial charge in [0.1, 0.15) is 5.41 Å². The summed E-state index contributed by atoms with van der Waals surface area (Å²) < 4.78 is 0. The molecule has 0 atom stereocenters. The van der Waals surface area contributed by atoms with Crippen LogP contribution in [-0.2, 0) is 9.59 Å². The molecule has 5 nitrogen and oxygen atoms in total. The second kappa shape index (κ2) is 6.57. The minimum atomic E-state index is -0.682. The number of carbonyl (C=O) groups excluding carboxylic acids is 2. The average molecular weight is 307 g/mol. The van der Waals surface area contributed by atoms with Gasteiger partial charge in [0.25, 0.3) is 0 Å². The fourth-order valence-electron chi connectivity index (χ4n) is 3.79. The van der Waals surface area contributed by atoms with Gasteiger partial charge in [-0.05, 0) is 32.2 Å². The van der Waals surface area contributed by atoms with Crippen molar-refractivity contribution >= 4 is 11.8 Å². The molecule has 5 heteroatoms. The first kappa shape index (κ1) is 15.8. The molecule has 0 aromatic carbocycles. The highest BCUT2D eigenvalue weighted by atomic mass is 16.2. The van der Waals surface area contributed by atoms with Crippen LogP contribution in [0, 0.1) is 5.41 Å². The molecule has 2 aliphatic heterocycles. The molecule has 124 valence electrons. The first-order valence-electron chi connectivity index (χ1n) is 8.98. The van der Waals surface area contributed by atoms with Crippen molar-refractivity contribution in [2.24, 2.45) is 5.41 Å². The Morgan fingerprint density at radius 1 is 0.773 bits per heavy atom. The zero-order chi connectivity index (χ0) is 15.6. The number of hydrogen-bond acceptors (Lipinski definition) is 3. The highest BCUT2D eigenvalue weighted by Gasteiger charge is 2.59. The van der Waals surface area contributed by atoms with Crippen molar-refractivity contribution in [3.8, 4) is 0 Å². The lowest BCUT2D eigenvalue weighted by Gasteiger charge is -2.36. The number of nitrogens with zero attached hydrogens (tertiary/aromatic N) is 3. The summed E-state index contributed by atoms with van der Waals surface area (Å²) in [5, 5.41) is 0. The lowest BCUT2D eigenvalue weighted by atomic mass is 10.0. The Morgan fingerprint density at radius 3 is 1.73 bits per heavy atom. The third kappa shape index (κ3) is 3.00. The maximum absolute atomic E-state index is 12.9. The number of amides is 2. The van der Waals surface area contributed by atoms with Crippen LogP contribution in [0.2, 0.25) is 0 Å². The Balaban J connectivity index is 1.62. The molecular formula is C17H29N3O2. The summed E-state index contributed by atoms with van der Waals surface area (Å²) in [7, 11) is 0. The summed E-state index contributed by atoms with van der Waals surface area (Å²) >= 11 is 0. The van der Waals surface area contributed by atoms with E-state index in [0.717, 1.165) is 71.5 Å². The third-order valence-electron chi connectivity index (χ3n) is 5.57. The first-order chi connectivity index (χ1) is 10.7. The molecule has 22 heavy (non-hydrogen) atoms. The largest absolute Gasteiger partial charge is 0.342 e. The number of hydrogen-bond donors (Lipinski definition) is 0. The smallest absolute Gasteiger partial charge is 0.238 e. The summed E-state index contributed by atoms with van der Waals surface area (Å²) in [6, 6.07) is 0. The quantitative estimate of drug-likeness (QED) is 0.739. The number of piperazine rings is 1. The Kier molecular flexibility index (Phi) is 4.71. The minimum absolute atomic E-state index is 0.109. The van der Waals surface area contributed by atoms with Crippen molar-refractivity contribution in [1.82, 2.24) is 14.7 Å². The van der Waals surface area contributed by atoms with Crippen molar-refractivity contribution in [2.45, 2.75) is 45.4 Å². The van der Waals surface area contributed by atoms with Crippen LogP contribution < -0.4 is 0 Å². The van der Waals surface area contributed by atoms with E-state index >= 15 is 0 Å². The van der Waals surface area contributed by atoms with E-state index in [1.54, 1.807) is 0 Å². The van der Waals surface area contributed by atoms with E-state index < -0.39 is 5.41 Å². The summed E-state index contributed by atoms with van der Waals surface area (Å²) in [4.78, 5) is 32.1. The van der Waals surface area contributed by atoms with E-state index in [9.17, 15) is 9.59 Å². The van der Waals surface area contributed by atoms with Crippen molar-refractivity contribution in [3.05, 3.63) is 0 Å². The highest BCUT2D eigenvalue weighted by Crippen LogP contribution is 2.49. The molecule has 0 unspecified atom stereocenters. The van der Waals surface area contributed by atoms with Gasteiger partial charge in [0.15, 0.2) is 0 Å². The molecule has 0 radical (unpaired) electrons. The standard InChI is InChI=1S/C17H29N3O2/c1-2-18-11-13-20(14-12-18)16(22)17(7-8-17)15(21)19-9-5-3-4-6-10-19/h2-14H2,1H3. The molecule has 1 saturated carbocycles. The van der Waals surface area contributed by atoms with Gasteiger partial charge in [0, 0.05) is 39.3 Å². The predicted molar refractivity (Wildman–Crippen MR) is 85.4 cm³/mol. The molecule has 3 fully saturated rings. The zero-order valence-corrected chi connectivity index (χ0v) is 13.9. The van der Waals surface area contributed by atoms with Crippen LogP contribution in [0.25, 0.3) is 0 Å². The zero-order valence-electron chi connectivity index (χ0n) is 13.9. The van der Waals surface area contributed by atoms with Gasteiger partial charge in [-0.25, -0.2) is 0 Å². The van der Waals surface area contributed by atoms with E-state index in [1.165, 1.54) is 12.8 Å². The summed E-state index contributed by atoms with van der Waals surface area (Å²) in [5.41, 5.74) is -0.682. The van der Waals surface area contributed by atoms with E-state index in [0.29, 0.717) is 0 Å². The maximum Gasteiger partial charge on any atom is 0.238 e. The topological polar surface area (TPSA) is 43.9 Å². The number of likely N-dealkylation sites (tertiary alicyclic amines) is 1. The third-order valence-corrected chi connectivity index (χ3v) is 5.57. The minimum Gasteiger partial charge on any atom is -0.342 e. The van der Waals surface area contributed by atoms with Gasteiger partial charge in [-0.1, -0.05) is 19.8 Å². The molecule has 2 amide bonds. The SMILES string of the molecule is CCN1CCN(C(=O)C2(C(=O)N3CCCCCC3)CC2)CC1. The summed E-state index contributed by atoms with van der Waals surface area (Å²) in [6.45, 7) is 8.33. The molecule has 0 aromatic heterocycles. The van der Waals surface area contributed by atoms with E-state index in [4.69, 9.17) is 0 Å². The highest BCUT2D eigenvalue weighted by molar-refractivity contribution is 6.07. The van der Waals surface area contributed by atoms with Crippen molar-refractivity contribution < 1.29 is 9.59 Å². The molecule has 3 rings (SSSR count). The molecule has 2 saturated heterocycles. The molecule has 3 aliphatic rings. The predicted octanol–water partition coefficient (Wildman–Crippen LogP) is 1.33. The van der Waals surface area contributed by atoms with Gasteiger partial charge >= 0.3 is 0 Å².